The summed E-state index contributed by atoms with van der Waals surface area (Å²) >= 11 is 0. The van der Waals surface area contributed by atoms with Crippen LogP contribution in [0.1, 0.15) is 13.8 Å². The Morgan fingerprint density at radius 1 is 1.29 bits per heavy atom. The molecule has 1 aromatic carbocycles. The summed E-state index contributed by atoms with van der Waals surface area (Å²) in [5.41, 5.74) is 6.46. The lowest BCUT2D eigenvalue weighted by molar-refractivity contribution is 0.426. The van der Waals surface area contributed by atoms with Gasteiger partial charge >= 0.3 is 6.01 Å². The fourth-order valence-electron chi connectivity index (χ4n) is 1.30. The molecule has 2 rings (SSSR count). The van der Waals surface area contributed by atoms with Gasteiger partial charge in [0.2, 0.25) is 5.82 Å². The monoisotopic (exact) mass is 232 g/mol. The number of anilines is 1. The summed E-state index contributed by atoms with van der Waals surface area (Å²) in [5, 5.41) is 6.91. The van der Waals surface area contributed by atoms with Gasteiger partial charge in [0.25, 0.3) is 0 Å². The molecule has 0 fully saturated rings. The van der Waals surface area contributed by atoms with Gasteiger partial charge < -0.3 is 15.6 Å². The second-order valence-electron chi connectivity index (χ2n) is 4.63. The molecule has 0 aliphatic heterocycles. The zero-order valence-electron chi connectivity index (χ0n) is 9.97. The number of hydrogen-bond donors (Lipinski definition) is 2. The summed E-state index contributed by atoms with van der Waals surface area (Å²) in [5.74, 6) is 0.572. The number of aromatic nitrogens is 2. The van der Waals surface area contributed by atoms with E-state index in [1.165, 1.54) is 0 Å². The van der Waals surface area contributed by atoms with Crippen LogP contribution < -0.4 is 11.1 Å². The van der Waals surface area contributed by atoms with Gasteiger partial charge in [0.1, 0.15) is 0 Å². The number of nitrogens with zero attached hydrogens (tertiary/aromatic N) is 2. The molecule has 90 valence electrons. The minimum absolute atomic E-state index is 0.318. The fraction of sp³-hybridized carbons (Fsp3) is 0.333. The van der Waals surface area contributed by atoms with Crippen molar-refractivity contribution in [3.63, 3.8) is 0 Å². The average Bonchev–Trinajstić information content (AvgIpc) is 2.75. The van der Waals surface area contributed by atoms with Crippen LogP contribution in [-0.4, -0.2) is 22.2 Å². The molecule has 0 atom stereocenters. The van der Waals surface area contributed by atoms with E-state index >= 15 is 0 Å². The van der Waals surface area contributed by atoms with Crippen LogP contribution >= 0.6 is 0 Å². The second-order valence-corrected chi connectivity index (χ2v) is 4.63. The number of benzene rings is 1. The number of nitrogens with two attached hydrogens (primary N) is 1. The van der Waals surface area contributed by atoms with Crippen molar-refractivity contribution < 1.29 is 4.52 Å². The summed E-state index contributed by atoms with van der Waals surface area (Å²) in [7, 11) is 0. The Labute approximate surface area is 100 Å². The Kier molecular flexibility index (Phi) is 3.10. The van der Waals surface area contributed by atoms with E-state index in [2.05, 4.69) is 15.5 Å². The molecule has 0 saturated heterocycles. The van der Waals surface area contributed by atoms with Gasteiger partial charge in [-0.2, -0.15) is 4.98 Å². The second kappa shape index (κ2) is 4.55. The van der Waals surface area contributed by atoms with E-state index in [0.29, 0.717) is 18.4 Å². The maximum Gasteiger partial charge on any atom is 0.321 e. The molecule has 0 aliphatic rings. The maximum absolute atomic E-state index is 5.85. The lowest BCUT2D eigenvalue weighted by Crippen LogP contribution is -2.39. The summed E-state index contributed by atoms with van der Waals surface area (Å²) in [4.78, 5) is 4.24. The third-order valence-corrected chi connectivity index (χ3v) is 2.15. The lowest BCUT2D eigenvalue weighted by Gasteiger charge is -2.17. The van der Waals surface area contributed by atoms with Crippen LogP contribution in [0.5, 0.6) is 0 Å². The van der Waals surface area contributed by atoms with Gasteiger partial charge in [-0.15, -0.1) is 0 Å². The highest BCUT2D eigenvalue weighted by Crippen LogP contribution is 2.16. The fourth-order valence-corrected chi connectivity index (χ4v) is 1.30. The molecule has 17 heavy (non-hydrogen) atoms. The SMILES string of the molecule is CC(C)(N)CNc1nc(-c2ccccc2)no1. The standard InChI is InChI=1S/C12H16N4O/c1-12(2,13)8-14-11-15-10(16-17-11)9-6-4-3-5-7-9/h3-7H,8,13H2,1-2H3,(H,14,15,16). The van der Waals surface area contributed by atoms with Crippen molar-refractivity contribution in [1.29, 1.82) is 0 Å². The van der Waals surface area contributed by atoms with Crippen LogP contribution in [-0.2, 0) is 0 Å². The summed E-state index contributed by atoms with van der Waals surface area (Å²) in [6.45, 7) is 4.42. The van der Waals surface area contributed by atoms with Crippen LogP contribution in [0.3, 0.4) is 0 Å². The highest BCUT2D eigenvalue weighted by molar-refractivity contribution is 5.54. The van der Waals surface area contributed by atoms with Gasteiger partial charge in [0.05, 0.1) is 0 Å². The summed E-state index contributed by atoms with van der Waals surface area (Å²) < 4.78 is 5.09. The maximum atomic E-state index is 5.85. The van der Waals surface area contributed by atoms with E-state index < -0.39 is 0 Å². The number of nitrogens with one attached hydrogen (secondary N) is 1. The highest BCUT2D eigenvalue weighted by atomic mass is 16.5. The van der Waals surface area contributed by atoms with Crippen LogP contribution in [0.4, 0.5) is 6.01 Å². The lowest BCUT2D eigenvalue weighted by atomic mass is 10.1. The van der Waals surface area contributed by atoms with Crippen molar-refractivity contribution in [3.8, 4) is 11.4 Å². The Balaban J connectivity index is 2.07. The summed E-state index contributed by atoms with van der Waals surface area (Å²) in [6.07, 6.45) is 0. The molecular weight excluding hydrogens is 216 g/mol. The smallest absolute Gasteiger partial charge is 0.321 e. The van der Waals surface area contributed by atoms with Crippen molar-refractivity contribution in [2.75, 3.05) is 11.9 Å². The minimum Gasteiger partial charge on any atom is -0.336 e. The van der Waals surface area contributed by atoms with Gasteiger partial charge in [-0.1, -0.05) is 35.5 Å². The van der Waals surface area contributed by atoms with Gasteiger partial charge in [-0.05, 0) is 13.8 Å². The molecule has 5 nitrogen and oxygen atoms in total. The molecule has 0 amide bonds. The predicted molar refractivity (Wildman–Crippen MR) is 66.5 cm³/mol. The number of hydrogen-bond acceptors (Lipinski definition) is 5. The van der Waals surface area contributed by atoms with Crippen molar-refractivity contribution in [1.82, 2.24) is 10.1 Å². The molecule has 0 spiro atoms. The first-order chi connectivity index (χ1) is 8.04. The molecule has 0 radical (unpaired) electrons. The van der Waals surface area contributed by atoms with Gasteiger partial charge in [-0.3, -0.25) is 0 Å². The van der Waals surface area contributed by atoms with E-state index in [1.807, 2.05) is 44.2 Å². The molecule has 0 bridgehead atoms. The van der Waals surface area contributed by atoms with Crippen molar-refractivity contribution >= 4 is 6.01 Å². The quantitative estimate of drug-likeness (QED) is 0.841. The van der Waals surface area contributed by atoms with Gasteiger partial charge in [0, 0.05) is 17.6 Å². The third-order valence-electron chi connectivity index (χ3n) is 2.15. The zero-order valence-corrected chi connectivity index (χ0v) is 9.97. The van der Waals surface area contributed by atoms with Crippen molar-refractivity contribution in [3.05, 3.63) is 30.3 Å². The molecule has 3 N–H and O–H groups in total. The molecule has 0 saturated carbocycles. The molecular formula is C12H16N4O. The predicted octanol–water partition coefficient (Wildman–Crippen LogP) is 1.89. The van der Waals surface area contributed by atoms with Crippen LogP contribution in [0.25, 0.3) is 11.4 Å². The van der Waals surface area contributed by atoms with Gasteiger partial charge in [0.15, 0.2) is 0 Å². The van der Waals surface area contributed by atoms with Crippen LogP contribution in [0.2, 0.25) is 0 Å². The molecule has 1 aromatic heterocycles. The molecule has 2 aromatic rings. The van der Waals surface area contributed by atoms with Crippen LogP contribution in [0, 0.1) is 0 Å². The first kappa shape index (κ1) is 11.6. The van der Waals surface area contributed by atoms with Crippen molar-refractivity contribution in [2.24, 2.45) is 5.73 Å². The van der Waals surface area contributed by atoms with Gasteiger partial charge in [-0.25, -0.2) is 0 Å². The molecule has 0 aliphatic carbocycles. The summed E-state index contributed by atoms with van der Waals surface area (Å²) in [6, 6.07) is 10.1. The number of rotatable bonds is 4. The molecule has 5 heteroatoms. The largest absolute Gasteiger partial charge is 0.336 e. The first-order valence-corrected chi connectivity index (χ1v) is 5.46. The first-order valence-electron chi connectivity index (χ1n) is 5.46. The normalized spacial score (nSPS) is 11.5. The van der Waals surface area contributed by atoms with E-state index in [4.69, 9.17) is 10.3 Å². The minimum atomic E-state index is -0.318. The Hall–Kier alpha value is -1.88. The van der Waals surface area contributed by atoms with Crippen molar-refractivity contribution in [2.45, 2.75) is 19.4 Å². The van der Waals surface area contributed by atoms with E-state index in [9.17, 15) is 0 Å². The third kappa shape index (κ3) is 3.29. The van der Waals surface area contributed by atoms with Crippen LogP contribution in [0.15, 0.2) is 34.9 Å². The Morgan fingerprint density at radius 3 is 2.65 bits per heavy atom. The highest BCUT2D eigenvalue weighted by Gasteiger charge is 2.13. The zero-order chi connectivity index (χ0) is 12.3. The van der Waals surface area contributed by atoms with E-state index in [0.717, 1.165) is 5.56 Å². The van der Waals surface area contributed by atoms with E-state index in [-0.39, 0.29) is 5.54 Å². The Bertz CT molecular complexity index is 473. The topological polar surface area (TPSA) is 77.0 Å². The van der Waals surface area contributed by atoms with E-state index in [1.54, 1.807) is 0 Å². The molecule has 1 heterocycles. The average molecular weight is 232 g/mol. The Morgan fingerprint density at radius 2 is 2.00 bits per heavy atom. The molecule has 0 unspecified atom stereocenters.